The first-order valence-corrected chi connectivity index (χ1v) is 7.87. The highest BCUT2D eigenvalue weighted by Gasteiger charge is 2.13. The second-order valence-corrected chi connectivity index (χ2v) is 5.21. The first-order chi connectivity index (χ1) is 11.1. The molecule has 4 heteroatoms. The van der Waals surface area contributed by atoms with Gasteiger partial charge in [-0.25, -0.2) is 9.18 Å². The third kappa shape index (κ3) is 4.81. The van der Waals surface area contributed by atoms with Gasteiger partial charge in [0.05, 0.1) is 12.2 Å². The van der Waals surface area contributed by atoms with Crippen LogP contribution in [0, 0.1) is 5.82 Å². The number of hydrogen-bond acceptors (Lipinski definition) is 3. The van der Waals surface area contributed by atoms with E-state index in [2.05, 4.69) is 6.92 Å². The maximum absolute atomic E-state index is 13.9. The van der Waals surface area contributed by atoms with Gasteiger partial charge in [-0.2, -0.15) is 0 Å². The smallest absolute Gasteiger partial charge is 0.341 e. The highest BCUT2D eigenvalue weighted by molar-refractivity contribution is 5.89. The summed E-state index contributed by atoms with van der Waals surface area (Å²) >= 11 is 0. The van der Waals surface area contributed by atoms with E-state index in [0.717, 1.165) is 19.3 Å². The van der Waals surface area contributed by atoms with E-state index < -0.39 is 11.8 Å². The first-order valence-electron chi connectivity index (χ1n) is 7.87. The van der Waals surface area contributed by atoms with Crippen LogP contribution in [0.25, 0.3) is 0 Å². The average Bonchev–Trinajstić information content (AvgIpc) is 2.54. The summed E-state index contributed by atoms with van der Waals surface area (Å²) in [7, 11) is 0. The molecule has 0 aliphatic rings. The van der Waals surface area contributed by atoms with E-state index in [-0.39, 0.29) is 12.2 Å². The topological polar surface area (TPSA) is 35.5 Å². The number of ether oxygens (including phenoxy) is 2. The monoisotopic (exact) mass is 316 g/mol. The summed E-state index contributed by atoms with van der Waals surface area (Å²) in [6, 6.07) is 11.9. The van der Waals surface area contributed by atoms with Crippen molar-refractivity contribution < 1.29 is 18.7 Å². The van der Waals surface area contributed by atoms with E-state index in [9.17, 15) is 9.18 Å². The third-order valence-corrected chi connectivity index (χ3v) is 3.41. The normalized spacial score (nSPS) is 10.4. The van der Waals surface area contributed by atoms with Gasteiger partial charge in [-0.15, -0.1) is 0 Å². The van der Waals surface area contributed by atoms with Crippen molar-refractivity contribution in [3.05, 3.63) is 59.4 Å². The molecule has 0 amide bonds. The van der Waals surface area contributed by atoms with Crippen LogP contribution in [0.5, 0.6) is 11.5 Å². The van der Waals surface area contributed by atoms with Crippen LogP contribution >= 0.6 is 0 Å². The third-order valence-electron chi connectivity index (χ3n) is 3.41. The minimum Gasteiger partial charge on any atom is -0.462 e. The van der Waals surface area contributed by atoms with Gasteiger partial charge >= 0.3 is 5.97 Å². The molecular weight excluding hydrogens is 295 g/mol. The van der Waals surface area contributed by atoms with Crippen molar-refractivity contribution in [3.8, 4) is 11.5 Å². The Morgan fingerprint density at radius 3 is 2.35 bits per heavy atom. The molecule has 0 aliphatic heterocycles. The molecule has 0 unspecified atom stereocenters. The molecule has 0 N–H and O–H groups in total. The minimum absolute atomic E-state index is 0.0888. The number of aryl methyl sites for hydroxylation is 1. The summed E-state index contributed by atoms with van der Waals surface area (Å²) in [5, 5.41) is 0. The van der Waals surface area contributed by atoms with Crippen molar-refractivity contribution in [2.75, 3.05) is 6.61 Å². The van der Waals surface area contributed by atoms with Crippen LogP contribution in [0.4, 0.5) is 4.39 Å². The lowest BCUT2D eigenvalue weighted by Crippen LogP contribution is -2.07. The predicted molar refractivity (Wildman–Crippen MR) is 87.5 cm³/mol. The molecule has 0 bridgehead atoms. The van der Waals surface area contributed by atoms with E-state index in [4.69, 9.17) is 9.47 Å². The van der Waals surface area contributed by atoms with Crippen LogP contribution in [0.15, 0.2) is 42.5 Å². The summed E-state index contributed by atoms with van der Waals surface area (Å²) in [5.74, 6) is -0.345. The molecule has 23 heavy (non-hydrogen) atoms. The second-order valence-electron chi connectivity index (χ2n) is 5.21. The van der Waals surface area contributed by atoms with Gasteiger partial charge in [-0.05, 0) is 49.6 Å². The van der Waals surface area contributed by atoms with Crippen molar-refractivity contribution in [3.63, 3.8) is 0 Å². The second kappa shape index (κ2) is 8.32. The Morgan fingerprint density at radius 1 is 1.04 bits per heavy atom. The molecular formula is C19H21FO3. The van der Waals surface area contributed by atoms with Crippen LogP contribution in [-0.4, -0.2) is 12.6 Å². The van der Waals surface area contributed by atoms with Crippen LogP contribution in [-0.2, 0) is 11.2 Å². The molecule has 2 aromatic carbocycles. The average molecular weight is 316 g/mol. The number of hydrogen-bond donors (Lipinski definition) is 0. The highest BCUT2D eigenvalue weighted by atomic mass is 19.1. The minimum atomic E-state index is -0.670. The number of benzene rings is 2. The largest absolute Gasteiger partial charge is 0.462 e. The zero-order valence-electron chi connectivity index (χ0n) is 13.5. The number of halogens is 1. The zero-order valence-corrected chi connectivity index (χ0v) is 13.5. The molecule has 0 radical (unpaired) electrons. The van der Waals surface area contributed by atoms with E-state index in [0.29, 0.717) is 11.5 Å². The SMILES string of the molecule is CCCCc1ccc(Oc2ccc(C(=O)OCC)c(F)c2)cc1. The summed E-state index contributed by atoms with van der Waals surface area (Å²) in [6.07, 6.45) is 3.35. The fraction of sp³-hybridized carbons (Fsp3) is 0.316. The van der Waals surface area contributed by atoms with E-state index in [1.165, 1.54) is 17.7 Å². The number of unbranched alkanes of at least 4 members (excludes halogenated alkanes) is 1. The van der Waals surface area contributed by atoms with E-state index in [1.807, 2.05) is 24.3 Å². The quantitative estimate of drug-likeness (QED) is 0.664. The molecule has 0 atom stereocenters. The highest BCUT2D eigenvalue weighted by Crippen LogP contribution is 2.24. The van der Waals surface area contributed by atoms with Gasteiger partial charge in [0.2, 0.25) is 0 Å². The number of carbonyl (C=O) groups excluding carboxylic acids is 1. The summed E-state index contributed by atoms with van der Waals surface area (Å²) in [4.78, 5) is 11.6. The molecule has 3 nitrogen and oxygen atoms in total. The van der Waals surface area contributed by atoms with Crippen molar-refractivity contribution in [1.29, 1.82) is 0 Å². The van der Waals surface area contributed by atoms with Gasteiger partial charge in [0.1, 0.15) is 17.3 Å². The number of esters is 1. The summed E-state index contributed by atoms with van der Waals surface area (Å²) in [5.41, 5.74) is 1.16. The van der Waals surface area contributed by atoms with Crippen molar-refractivity contribution in [1.82, 2.24) is 0 Å². The van der Waals surface area contributed by atoms with Gasteiger partial charge in [0.25, 0.3) is 0 Å². The van der Waals surface area contributed by atoms with E-state index >= 15 is 0 Å². The maximum atomic E-state index is 13.9. The molecule has 0 aromatic heterocycles. The lowest BCUT2D eigenvalue weighted by atomic mass is 10.1. The Balaban J connectivity index is 2.05. The van der Waals surface area contributed by atoms with Crippen LogP contribution in [0.3, 0.4) is 0 Å². The molecule has 0 fully saturated rings. The molecule has 2 rings (SSSR count). The van der Waals surface area contributed by atoms with Crippen LogP contribution in [0.1, 0.15) is 42.6 Å². The maximum Gasteiger partial charge on any atom is 0.341 e. The van der Waals surface area contributed by atoms with Gasteiger partial charge in [-0.1, -0.05) is 25.5 Å². The Hall–Kier alpha value is -2.36. The molecule has 0 saturated carbocycles. The lowest BCUT2D eigenvalue weighted by Gasteiger charge is -2.08. The Morgan fingerprint density at radius 2 is 1.74 bits per heavy atom. The molecule has 0 aliphatic carbocycles. The summed E-state index contributed by atoms with van der Waals surface area (Å²) in [6.45, 7) is 4.05. The van der Waals surface area contributed by atoms with Crippen LogP contribution < -0.4 is 4.74 Å². The zero-order chi connectivity index (χ0) is 16.7. The van der Waals surface area contributed by atoms with Crippen molar-refractivity contribution in [2.24, 2.45) is 0 Å². The van der Waals surface area contributed by atoms with Gasteiger partial charge in [0.15, 0.2) is 0 Å². The van der Waals surface area contributed by atoms with Crippen molar-refractivity contribution in [2.45, 2.75) is 33.1 Å². The van der Waals surface area contributed by atoms with Crippen molar-refractivity contribution >= 4 is 5.97 Å². The molecule has 0 spiro atoms. The standard InChI is InChI=1S/C19H21FO3/c1-3-5-6-14-7-9-15(10-8-14)23-16-11-12-17(18(20)13-16)19(21)22-4-2/h7-13H,3-6H2,1-2H3. The predicted octanol–water partition coefficient (Wildman–Crippen LogP) is 5.14. The number of rotatable bonds is 7. The number of carbonyl (C=O) groups is 1. The first kappa shape index (κ1) is 17.0. The lowest BCUT2D eigenvalue weighted by molar-refractivity contribution is 0.0521. The Labute approximate surface area is 136 Å². The molecule has 0 saturated heterocycles. The Kier molecular flexibility index (Phi) is 6.15. The van der Waals surface area contributed by atoms with Gasteiger partial charge < -0.3 is 9.47 Å². The van der Waals surface area contributed by atoms with Gasteiger partial charge in [-0.3, -0.25) is 0 Å². The molecule has 122 valence electrons. The van der Waals surface area contributed by atoms with Crippen LogP contribution in [0.2, 0.25) is 0 Å². The Bertz CT molecular complexity index is 650. The van der Waals surface area contributed by atoms with E-state index in [1.54, 1.807) is 13.0 Å². The summed E-state index contributed by atoms with van der Waals surface area (Å²) < 4.78 is 24.4. The molecule has 2 aromatic rings. The fourth-order valence-corrected chi connectivity index (χ4v) is 2.17. The fourth-order valence-electron chi connectivity index (χ4n) is 2.17. The van der Waals surface area contributed by atoms with Gasteiger partial charge in [0, 0.05) is 6.07 Å². The molecule has 0 heterocycles.